The molecule has 3 heterocycles. The Morgan fingerprint density at radius 1 is 1.18 bits per heavy atom. The standard InChI is InChI=1S/C20H19N5O3/c1-12(26)13-3-4-15-14(9-13)10-18(20(21)24-15)28-11-16-17(5-6-19(27)23-16)25-8-2-7-22-25/h2-10,12,26H,11H2,1H3,(H2,21,24)(H,23,27)/t12-/m0/s1. The summed E-state index contributed by atoms with van der Waals surface area (Å²) in [5, 5.41) is 24.5. The lowest BCUT2D eigenvalue weighted by molar-refractivity contribution is 0.199. The van der Waals surface area contributed by atoms with Crippen molar-refractivity contribution in [2.75, 3.05) is 5.73 Å². The number of aliphatic hydroxyl groups is 1. The number of fused-ring (bicyclic) bond motifs is 1. The number of benzene rings is 1. The van der Waals surface area contributed by atoms with Crippen LogP contribution in [0, 0.1) is 0 Å². The molecule has 1 aromatic carbocycles. The molecule has 3 aromatic heterocycles. The van der Waals surface area contributed by atoms with E-state index in [1.807, 2.05) is 18.2 Å². The number of pyridine rings is 2. The van der Waals surface area contributed by atoms with Gasteiger partial charge in [-0.3, -0.25) is 0 Å². The van der Waals surface area contributed by atoms with Crippen molar-refractivity contribution in [2.45, 2.75) is 19.6 Å². The molecule has 8 heteroatoms. The van der Waals surface area contributed by atoms with Crippen LogP contribution in [0.3, 0.4) is 0 Å². The predicted molar refractivity (Wildman–Crippen MR) is 104 cm³/mol. The summed E-state index contributed by atoms with van der Waals surface area (Å²) < 4.78 is 7.50. The minimum atomic E-state index is -0.584. The van der Waals surface area contributed by atoms with Crippen LogP contribution in [0.1, 0.15) is 24.3 Å². The van der Waals surface area contributed by atoms with E-state index in [1.54, 1.807) is 42.2 Å². The summed E-state index contributed by atoms with van der Waals surface area (Å²) in [4.78, 5) is 8.51. The van der Waals surface area contributed by atoms with Gasteiger partial charge in [-0.2, -0.15) is 5.10 Å². The summed E-state index contributed by atoms with van der Waals surface area (Å²) in [7, 11) is 0. The number of nitrogens with zero attached hydrogens (tertiary/aromatic N) is 4. The van der Waals surface area contributed by atoms with Gasteiger partial charge >= 0.3 is 0 Å². The van der Waals surface area contributed by atoms with Crippen LogP contribution in [-0.2, 0) is 6.61 Å². The number of ether oxygens (including phenoxy) is 1. The maximum absolute atomic E-state index is 9.79. The van der Waals surface area contributed by atoms with E-state index < -0.39 is 6.10 Å². The van der Waals surface area contributed by atoms with Crippen molar-refractivity contribution in [2.24, 2.45) is 0 Å². The second-order valence-corrected chi connectivity index (χ2v) is 6.37. The van der Waals surface area contributed by atoms with Crippen LogP contribution in [0.4, 0.5) is 5.82 Å². The highest BCUT2D eigenvalue weighted by Gasteiger charge is 2.12. The lowest BCUT2D eigenvalue weighted by atomic mass is 10.1. The van der Waals surface area contributed by atoms with Crippen molar-refractivity contribution < 1.29 is 14.9 Å². The van der Waals surface area contributed by atoms with Gasteiger partial charge in [0.05, 0.1) is 17.3 Å². The lowest BCUT2D eigenvalue weighted by Gasteiger charge is -2.13. The summed E-state index contributed by atoms with van der Waals surface area (Å²) in [6.07, 6.45) is 2.85. The second-order valence-electron chi connectivity index (χ2n) is 6.37. The molecule has 8 nitrogen and oxygen atoms in total. The molecule has 0 radical (unpaired) electrons. The fourth-order valence-corrected chi connectivity index (χ4v) is 2.92. The number of nitrogen functional groups attached to an aromatic ring is 1. The van der Waals surface area contributed by atoms with E-state index in [1.165, 1.54) is 6.07 Å². The molecule has 28 heavy (non-hydrogen) atoms. The lowest BCUT2D eigenvalue weighted by Crippen LogP contribution is -2.07. The van der Waals surface area contributed by atoms with Gasteiger partial charge < -0.3 is 20.7 Å². The van der Waals surface area contributed by atoms with Crippen molar-refractivity contribution >= 4 is 16.7 Å². The number of hydrogen-bond acceptors (Lipinski definition) is 7. The van der Waals surface area contributed by atoms with Gasteiger partial charge in [0.25, 0.3) is 0 Å². The molecule has 4 N–H and O–H groups in total. The van der Waals surface area contributed by atoms with E-state index in [2.05, 4.69) is 15.1 Å². The maximum Gasteiger partial charge on any atom is 0.211 e. The molecule has 0 amide bonds. The first-order valence-corrected chi connectivity index (χ1v) is 8.71. The van der Waals surface area contributed by atoms with E-state index in [-0.39, 0.29) is 18.3 Å². The highest BCUT2D eigenvalue weighted by atomic mass is 16.5. The van der Waals surface area contributed by atoms with E-state index >= 15 is 0 Å². The Labute approximate surface area is 160 Å². The molecule has 0 saturated carbocycles. The van der Waals surface area contributed by atoms with Crippen molar-refractivity contribution in [3.63, 3.8) is 0 Å². The third-order valence-electron chi connectivity index (χ3n) is 4.37. The van der Waals surface area contributed by atoms with Gasteiger partial charge in [-0.1, -0.05) is 6.07 Å². The average Bonchev–Trinajstić information content (AvgIpc) is 3.20. The van der Waals surface area contributed by atoms with Gasteiger partial charge in [-0.15, -0.1) is 0 Å². The highest BCUT2D eigenvalue weighted by molar-refractivity contribution is 5.83. The predicted octanol–water partition coefficient (Wildman–Crippen LogP) is 2.74. The third kappa shape index (κ3) is 3.45. The average molecular weight is 377 g/mol. The molecule has 0 bridgehead atoms. The molecule has 142 valence electrons. The molecular formula is C20H19N5O3. The minimum Gasteiger partial charge on any atom is -0.493 e. The molecule has 0 saturated heterocycles. The molecule has 0 fully saturated rings. The van der Waals surface area contributed by atoms with Crippen LogP contribution in [0.5, 0.6) is 11.6 Å². The van der Waals surface area contributed by atoms with E-state index in [0.717, 1.165) is 10.9 Å². The largest absolute Gasteiger partial charge is 0.493 e. The summed E-state index contributed by atoms with van der Waals surface area (Å²) in [5.41, 5.74) is 8.71. The van der Waals surface area contributed by atoms with Crippen molar-refractivity contribution in [3.05, 3.63) is 66.1 Å². The quantitative estimate of drug-likeness (QED) is 0.489. The first kappa shape index (κ1) is 17.7. The molecule has 4 aromatic rings. The monoisotopic (exact) mass is 377 g/mol. The number of aliphatic hydroxyl groups excluding tert-OH is 1. The van der Waals surface area contributed by atoms with Crippen molar-refractivity contribution in [3.8, 4) is 17.3 Å². The summed E-state index contributed by atoms with van der Waals surface area (Å²) in [5.74, 6) is 0.533. The Kier molecular flexibility index (Phi) is 4.54. The van der Waals surface area contributed by atoms with Gasteiger partial charge in [-0.25, -0.2) is 14.6 Å². The van der Waals surface area contributed by atoms with Crippen LogP contribution in [-0.4, -0.2) is 30.0 Å². The van der Waals surface area contributed by atoms with Crippen LogP contribution in [0.25, 0.3) is 16.6 Å². The number of nitrogens with two attached hydrogens (primary N) is 1. The molecule has 0 aliphatic rings. The number of aromatic nitrogens is 4. The SMILES string of the molecule is C[C@H](O)c1ccc2nc(N)c(OCc3nc(O)ccc3-n3cccn3)cc2c1. The summed E-state index contributed by atoms with van der Waals surface area (Å²) in [6, 6.07) is 12.2. The van der Waals surface area contributed by atoms with Crippen LogP contribution in [0.2, 0.25) is 0 Å². The third-order valence-corrected chi connectivity index (χ3v) is 4.37. The molecule has 4 rings (SSSR count). The zero-order valence-corrected chi connectivity index (χ0v) is 15.1. The fraction of sp³-hybridized carbons (Fsp3) is 0.150. The van der Waals surface area contributed by atoms with Gasteiger partial charge in [-0.05, 0) is 42.8 Å². The normalized spacial score (nSPS) is 12.2. The van der Waals surface area contributed by atoms with Crippen LogP contribution < -0.4 is 10.5 Å². The Bertz CT molecular complexity index is 1130. The molecule has 0 aliphatic carbocycles. The molecule has 1 atom stereocenters. The fourth-order valence-electron chi connectivity index (χ4n) is 2.92. The summed E-state index contributed by atoms with van der Waals surface area (Å²) >= 11 is 0. The van der Waals surface area contributed by atoms with Gasteiger partial charge in [0.15, 0.2) is 11.6 Å². The number of rotatable bonds is 5. The molecule has 0 aliphatic heterocycles. The zero-order chi connectivity index (χ0) is 19.7. The minimum absolute atomic E-state index is 0.0665. The Morgan fingerprint density at radius 2 is 2.04 bits per heavy atom. The maximum atomic E-state index is 9.79. The first-order chi connectivity index (χ1) is 13.5. The smallest absolute Gasteiger partial charge is 0.211 e. The first-order valence-electron chi connectivity index (χ1n) is 8.71. The molecular weight excluding hydrogens is 358 g/mol. The van der Waals surface area contributed by atoms with Gasteiger partial charge in [0, 0.05) is 23.8 Å². The number of hydrogen-bond donors (Lipinski definition) is 3. The van der Waals surface area contributed by atoms with Crippen molar-refractivity contribution in [1.29, 1.82) is 0 Å². The van der Waals surface area contributed by atoms with E-state index in [9.17, 15) is 10.2 Å². The molecule has 0 spiro atoms. The highest BCUT2D eigenvalue weighted by Crippen LogP contribution is 2.28. The van der Waals surface area contributed by atoms with E-state index in [0.29, 0.717) is 22.6 Å². The Morgan fingerprint density at radius 3 is 2.79 bits per heavy atom. The van der Waals surface area contributed by atoms with Crippen LogP contribution >= 0.6 is 0 Å². The zero-order valence-electron chi connectivity index (χ0n) is 15.1. The van der Waals surface area contributed by atoms with Gasteiger partial charge in [0.2, 0.25) is 5.88 Å². The van der Waals surface area contributed by atoms with E-state index in [4.69, 9.17) is 10.5 Å². The Balaban J connectivity index is 1.66. The second kappa shape index (κ2) is 7.16. The van der Waals surface area contributed by atoms with Crippen molar-refractivity contribution in [1.82, 2.24) is 19.7 Å². The van der Waals surface area contributed by atoms with Crippen LogP contribution in [0.15, 0.2) is 54.9 Å². The Hall–Kier alpha value is -3.65. The molecule has 0 unspecified atom stereocenters. The van der Waals surface area contributed by atoms with Gasteiger partial charge in [0.1, 0.15) is 12.3 Å². The number of aromatic hydroxyl groups is 1. The summed E-state index contributed by atoms with van der Waals surface area (Å²) in [6.45, 7) is 1.77. The number of anilines is 1. The topological polar surface area (TPSA) is 119 Å².